The van der Waals surface area contributed by atoms with Gasteiger partial charge in [0.25, 0.3) is 0 Å². The molecule has 0 aliphatic carbocycles. The van der Waals surface area contributed by atoms with Crippen LogP contribution in [0.4, 0.5) is 0 Å². The van der Waals surface area contributed by atoms with Crippen LogP contribution in [0.15, 0.2) is 41.8 Å². The molecule has 2 rings (SSSR count). The minimum absolute atomic E-state index is 0.117. The summed E-state index contributed by atoms with van der Waals surface area (Å²) in [5.41, 5.74) is 0. The Labute approximate surface area is 134 Å². The number of aryl methyl sites for hydroxylation is 1. The van der Waals surface area contributed by atoms with Crippen molar-refractivity contribution < 1.29 is 8.42 Å². The minimum Gasteiger partial charge on any atom is -0.337 e. The highest BCUT2D eigenvalue weighted by atomic mass is 35.5. The number of benzene rings is 1. The predicted octanol–water partition coefficient (Wildman–Crippen LogP) is 2.95. The molecule has 114 valence electrons. The fraction of sp³-hybridized carbons (Fsp3) is 0.308. The monoisotopic (exact) mass is 347 g/mol. The average Bonchev–Trinajstić information content (AvgIpc) is 2.94. The first kappa shape index (κ1) is 16.3. The Morgan fingerprint density at radius 1 is 1.19 bits per heavy atom. The SMILES string of the molecule is O=S(=O)(NCCCCn1ccnc1)c1ccc(Cl)c(Cl)c1. The van der Waals surface area contributed by atoms with Crippen molar-refractivity contribution in [2.45, 2.75) is 24.3 Å². The summed E-state index contributed by atoms with van der Waals surface area (Å²) in [5.74, 6) is 0. The van der Waals surface area contributed by atoms with Crippen molar-refractivity contribution in [3.8, 4) is 0 Å². The van der Waals surface area contributed by atoms with Gasteiger partial charge in [0, 0.05) is 25.5 Å². The molecule has 0 aliphatic heterocycles. The van der Waals surface area contributed by atoms with Crippen LogP contribution < -0.4 is 4.72 Å². The summed E-state index contributed by atoms with van der Waals surface area (Å²) in [7, 11) is -3.55. The number of imidazole rings is 1. The highest BCUT2D eigenvalue weighted by molar-refractivity contribution is 7.89. The number of hydrogen-bond acceptors (Lipinski definition) is 3. The quantitative estimate of drug-likeness (QED) is 0.783. The topological polar surface area (TPSA) is 64.0 Å². The lowest BCUT2D eigenvalue weighted by molar-refractivity contribution is 0.566. The summed E-state index contributed by atoms with van der Waals surface area (Å²) < 4.78 is 28.6. The van der Waals surface area contributed by atoms with E-state index >= 15 is 0 Å². The van der Waals surface area contributed by atoms with Gasteiger partial charge in [0.15, 0.2) is 0 Å². The molecule has 0 fully saturated rings. The van der Waals surface area contributed by atoms with Crippen LogP contribution in [0, 0.1) is 0 Å². The van der Waals surface area contributed by atoms with E-state index in [1.807, 2.05) is 10.8 Å². The Balaban J connectivity index is 1.82. The highest BCUT2D eigenvalue weighted by Gasteiger charge is 2.14. The number of halogens is 2. The Bertz CT molecular complexity index is 687. The van der Waals surface area contributed by atoms with E-state index in [9.17, 15) is 8.42 Å². The van der Waals surface area contributed by atoms with Crippen LogP contribution in [0.3, 0.4) is 0 Å². The zero-order chi connectivity index (χ0) is 15.3. The van der Waals surface area contributed by atoms with Crippen LogP contribution in [0.2, 0.25) is 10.0 Å². The molecule has 0 atom stereocenters. The molecule has 21 heavy (non-hydrogen) atoms. The fourth-order valence-corrected chi connectivity index (χ4v) is 3.23. The second-order valence-corrected chi connectivity index (χ2v) is 7.06. The number of unbranched alkanes of at least 4 members (excludes halogenated alkanes) is 1. The van der Waals surface area contributed by atoms with Crippen LogP contribution in [0.1, 0.15) is 12.8 Å². The molecular weight excluding hydrogens is 333 g/mol. The van der Waals surface area contributed by atoms with Crippen molar-refractivity contribution in [2.24, 2.45) is 0 Å². The molecule has 1 aromatic carbocycles. The summed E-state index contributed by atoms with van der Waals surface area (Å²) in [6.45, 7) is 1.19. The molecule has 0 spiro atoms. The number of hydrogen-bond donors (Lipinski definition) is 1. The van der Waals surface area contributed by atoms with E-state index in [1.54, 1.807) is 12.5 Å². The highest BCUT2D eigenvalue weighted by Crippen LogP contribution is 2.24. The lowest BCUT2D eigenvalue weighted by Crippen LogP contribution is -2.25. The van der Waals surface area contributed by atoms with Crippen LogP contribution in [-0.4, -0.2) is 24.5 Å². The van der Waals surface area contributed by atoms with Gasteiger partial charge < -0.3 is 4.57 Å². The smallest absolute Gasteiger partial charge is 0.240 e. The summed E-state index contributed by atoms with van der Waals surface area (Å²) in [6.07, 6.45) is 6.92. The number of aromatic nitrogens is 2. The molecule has 0 amide bonds. The number of nitrogens with zero attached hydrogens (tertiary/aromatic N) is 2. The Hall–Kier alpha value is -1.08. The molecule has 0 radical (unpaired) electrons. The third-order valence-electron chi connectivity index (χ3n) is 2.90. The van der Waals surface area contributed by atoms with Gasteiger partial charge in [-0.1, -0.05) is 23.2 Å². The van der Waals surface area contributed by atoms with Crippen LogP contribution in [0.5, 0.6) is 0 Å². The van der Waals surface area contributed by atoms with Gasteiger partial charge in [-0.2, -0.15) is 0 Å². The molecule has 0 aliphatic rings. The summed E-state index contributed by atoms with van der Waals surface area (Å²) in [6, 6.07) is 4.25. The maximum atomic E-state index is 12.1. The molecule has 8 heteroatoms. The van der Waals surface area contributed by atoms with Gasteiger partial charge >= 0.3 is 0 Å². The minimum atomic E-state index is -3.55. The molecule has 0 saturated carbocycles. The zero-order valence-corrected chi connectivity index (χ0v) is 13.5. The summed E-state index contributed by atoms with van der Waals surface area (Å²) in [4.78, 5) is 4.06. The Morgan fingerprint density at radius 2 is 2.00 bits per heavy atom. The second kappa shape index (κ2) is 7.26. The third-order valence-corrected chi connectivity index (χ3v) is 5.09. The van der Waals surface area contributed by atoms with Gasteiger partial charge in [-0.25, -0.2) is 18.1 Å². The van der Waals surface area contributed by atoms with E-state index < -0.39 is 10.0 Å². The molecule has 5 nitrogen and oxygen atoms in total. The van der Waals surface area contributed by atoms with Crippen molar-refractivity contribution in [3.05, 3.63) is 47.0 Å². The van der Waals surface area contributed by atoms with E-state index in [-0.39, 0.29) is 9.92 Å². The molecule has 2 aromatic rings. The first-order valence-electron chi connectivity index (χ1n) is 6.39. The molecule has 1 aromatic heterocycles. The normalized spacial score (nSPS) is 11.7. The second-order valence-electron chi connectivity index (χ2n) is 4.48. The molecular formula is C13H15Cl2N3O2S. The van der Waals surface area contributed by atoms with Crippen LogP contribution in [0.25, 0.3) is 0 Å². The van der Waals surface area contributed by atoms with Gasteiger partial charge in [0.05, 0.1) is 21.3 Å². The molecule has 1 heterocycles. The molecule has 0 bridgehead atoms. The first-order chi connectivity index (χ1) is 9.99. The van der Waals surface area contributed by atoms with E-state index in [4.69, 9.17) is 23.2 Å². The van der Waals surface area contributed by atoms with Crippen molar-refractivity contribution in [1.82, 2.24) is 14.3 Å². The predicted molar refractivity (Wildman–Crippen MR) is 83.1 cm³/mol. The standard InChI is InChI=1S/C13H15Cl2N3O2S/c14-12-4-3-11(9-13(12)15)21(19,20)17-5-1-2-7-18-8-6-16-10-18/h3-4,6,8-10,17H,1-2,5,7H2. The lowest BCUT2D eigenvalue weighted by Gasteiger charge is -2.08. The van der Waals surface area contributed by atoms with Gasteiger partial charge in [-0.15, -0.1) is 0 Å². The third kappa shape index (κ3) is 4.71. The zero-order valence-electron chi connectivity index (χ0n) is 11.2. The van der Waals surface area contributed by atoms with E-state index in [0.717, 1.165) is 19.4 Å². The largest absolute Gasteiger partial charge is 0.337 e. The number of sulfonamides is 1. The van der Waals surface area contributed by atoms with Gasteiger partial charge in [-0.05, 0) is 31.0 Å². The summed E-state index contributed by atoms with van der Waals surface area (Å²) in [5, 5.41) is 0.551. The Morgan fingerprint density at radius 3 is 2.67 bits per heavy atom. The van der Waals surface area contributed by atoms with Gasteiger partial charge in [-0.3, -0.25) is 0 Å². The van der Waals surface area contributed by atoms with Gasteiger partial charge in [0.2, 0.25) is 10.0 Å². The molecule has 0 saturated heterocycles. The van der Waals surface area contributed by atoms with Crippen LogP contribution in [-0.2, 0) is 16.6 Å². The van der Waals surface area contributed by atoms with E-state index in [2.05, 4.69) is 9.71 Å². The molecule has 0 unspecified atom stereocenters. The number of rotatable bonds is 7. The maximum absolute atomic E-state index is 12.1. The van der Waals surface area contributed by atoms with Crippen molar-refractivity contribution in [2.75, 3.05) is 6.54 Å². The van der Waals surface area contributed by atoms with Crippen molar-refractivity contribution in [1.29, 1.82) is 0 Å². The van der Waals surface area contributed by atoms with Crippen LogP contribution >= 0.6 is 23.2 Å². The molecule has 1 N–H and O–H groups in total. The van der Waals surface area contributed by atoms with E-state index in [1.165, 1.54) is 18.2 Å². The van der Waals surface area contributed by atoms with Crippen molar-refractivity contribution >= 4 is 33.2 Å². The van der Waals surface area contributed by atoms with E-state index in [0.29, 0.717) is 11.6 Å². The fourth-order valence-electron chi connectivity index (χ4n) is 1.77. The average molecular weight is 348 g/mol. The first-order valence-corrected chi connectivity index (χ1v) is 8.63. The number of nitrogens with one attached hydrogen (secondary N) is 1. The lowest BCUT2D eigenvalue weighted by atomic mass is 10.3. The Kier molecular flexibility index (Phi) is 5.64. The van der Waals surface area contributed by atoms with Gasteiger partial charge in [0.1, 0.15) is 0 Å². The summed E-state index contributed by atoms with van der Waals surface area (Å²) >= 11 is 11.6. The maximum Gasteiger partial charge on any atom is 0.240 e. The van der Waals surface area contributed by atoms with Crippen molar-refractivity contribution in [3.63, 3.8) is 0 Å².